The number of nitro benzene ring substituents is 1. The van der Waals surface area contributed by atoms with Crippen molar-refractivity contribution in [2.24, 2.45) is 0 Å². The van der Waals surface area contributed by atoms with Crippen LogP contribution in [0.1, 0.15) is 20.7 Å². The van der Waals surface area contributed by atoms with Crippen molar-refractivity contribution in [2.45, 2.75) is 0 Å². The summed E-state index contributed by atoms with van der Waals surface area (Å²) in [6.45, 7) is -0.568. The van der Waals surface area contributed by atoms with Crippen molar-refractivity contribution in [3.8, 4) is 0 Å². The maximum atomic E-state index is 12.6. The first-order valence-electron chi connectivity index (χ1n) is 9.31. The van der Waals surface area contributed by atoms with Gasteiger partial charge in [-0.2, -0.15) is 0 Å². The van der Waals surface area contributed by atoms with Crippen LogP contribution in [0.25, 0.3) is 0 Å². The van der Waals surface area contributed by atoms with Crippen LogP contribution >= 0.6 is 23.2 Å². The molecule has 11 heteroatoms. The van der Waals surface area contributed by atoms with Gasteiger partial charge in [-0.1, -0.05) is 41.4 Å². The molecule has 0 radical (unpaired) electrons. The summed E-state index contributed by atoms with van der Waals surface area (Å²) >= 11 is 11.8. The van der Waals surface area contributed by atoms with Crippen LogP contribution in [0.4, 0.5) is 17.1 Å². The van der Waals surface area contributed by atoms with Crippen molar-refractivity contribution < 1.29 is 24.0 Å². The number of hydrogen-bond acceptors (Lipinski definition) is 6. The third-order valence-corrected chi connectivity index (χ3v) is 4.79. The molecule has 3 aromatic carbocycles. The summed E-state index contributed by atoms with van der Waals surface area (Å²) in [6.07, 6.45) is 0. The lowest BCUT2D eigenvalue weighted by atomic mass is 10.1. The van der Waals surface area contributed by atoms with Crippen molar-refractivity contribution in [1.82, 2.24) is 0 Å². The van der Waals surface area contributed by atoms with Gasteiger partial charge in [0.25, 0.3) is 17.5 Å². The van der Waals surface area contributed by atoms with Gasteiger partial charge in [-0.05, 0) is 36.4 Å². The zero-order valence-corrected chi connectivity index (χ0v) is 18.2. The van der Waals surface area contributed by atoms with Crippen LogP contribution in [0, 0.1) is 10.1 Å². The minimum atomic E-state index is -0.845. The largest absolute Gasteiger partial charge is 0.452 e. The van der Waals surface area contributed by atoms with Crippen LogP contribution in [0.5, 0.6) is 0 Å². The minimum Gasteiger partial charge on any atom is -0.452 e. The Hall–Kier alpha value is -3.95. The van der Waals surface area contributed by atoms with Gasteiger partial charge >= 0.3 is 5.97 Å². The number of carbonyl (C=O) groups is 3. The van der Waals surface area contributed by atoms with E-state index in [0.717, 1.165) is 12.1 Å². The molecule has 9 nitrogen and oxygen atoms in total. The van der Waals surface area contributed by atoms with Gasteiger partial charge in [0.2, 0.25) is 0 Å². The van der Waals surface area contributed by atoms with E-state index in [1.165, 1.54) is 24.3 Å². The second kappa shape index (κ2) is 10.6. The summed E-state index contributed by atoms with van der Waals surface area (Å²) in [4.78, 5) is 47.4. The summed E-state index contributed by atoms with van der Waals surface area (Å²) in [6, 6.07) is 15.9. The number of nitrogens with zero attached hydrogens (tertiary/aromatic N) is 1. The van der Waals surface area contributed by atoms with Crippen LogP contribution < -0.4 is 10.6 Å². The molecule has 0 spiro atoms. The predicted octanol–water partition coefficient (Wildman–Crippen LogP) is 4.95. The average molecular weight is 488 g/mol. The summed E-state index contributed by atoms with van der Waals surface area (Å²) in [7, 11) is 0. The second-order valence-electron chi connectivity index (χ2n) is 6.56. The third kappa shape index (κ3) is 6.28. The topological polar surface area (TPSA) is 128 Å². The lowest BCUT2D eigenvalue weighted by Gasteiger charge is -2.12. The quantitative estimate of drug-likeness (QED) is 0.275. The van der Waals surface area contributed by atoms with Crippen LogP contribution in [0.3, 0.4) is 0 Å². The smallest absolute Gasteiger partial charge is 0.340 e. The Labute approximate surface area is 197 Å². The molecule has 2 N–H and O–H groups in total. The Morgan fingerprint density at radius 2 is 1.67 bits per heavy atom. The van der Waals surface area contributed by atoms with Crippen LogP contribution in [0.15, 0.2) is 66.7 Å². The van der Waals surface area contributed by atoms with E-state index in [1.807, 2.05) is 0 Å². The van der Waals surface area contributed by atoms with Gasteiger partial charge in [0, 0.05) is 22.8 Å². The van der Waals surface area contributed by atoms with Crippen molar-refractivity contribution in [3.63, 3.8) is 0 Å². The number of nitrogens with one attached hydrogen (secondary N) is 2. The molecular weight excluding hydrogens is 473 g/mol. The maximum Gasteiger partial charge on any atom is 0.340 e. The highest BCUT2D eigenvalue weighted by atomic mass is 35.5. The fourth-order valence-corrected chi connectivity index (χ4v) is 3.18. The van der Waals surface area contributed by atoms with E-state index in [9.17, 15) is 24.5 Å². The third-order valence-electron chi connectivity index (χ3n) is 4.25. The fraction of sp³-hybridized carbons (Fsp3) is 0.0455. The molecule has 0 aliphatic heterocycles. The van der Waals surface area contributed by atoms with Crippen LogP contribution in [0.2, 0.25) is 10.0 Å². The number of nitro groups is 1. The molecule has 0 unspecified atom stereocenters. The normalized spacial score (nSPS) is 10.2. The summed E-state index contributed by atoms with van der Waals surface area (Å²) < 4.78 is 5.05. The molecule has 0 aliphatic carbocycles. The number of anilines is 2. The highest BCUT2D eigenvalue weighted by Crippen LogP contribution is 2.24. The molecule has 0 aliphatic rings. The van der Waals surface area contributed by atoms with E-state index < -0.39 is 29.3 Å². The van der Waals surface area contributed by atoms with Gasteiger partial charge in [-0.3, -0.25) is 19.7 Å². The lowest BCUT2D eigenvalue weighted by Crippen LogP contribution is -2.22. The van der Waals surface area contributed by atoms with Gasteiger partial charge in [0.05, 0.1) is 26.8 Å². The Morgan fingerprint density at radius 1 is 0.909 bits per heavy atom. The van der Waals surface area contributed by atoms with Crippen molar-refractivity contribution in [1.29, 1.82) is 0 Å². The van der Waals surface area contributed by atoms with E-state index in [0.29, 0.717) is 10.7 Å². The van der Waals surface area contributed by atoms with Gasteiger partial charge in [-0.25, -0.2) is 4.79 Å². The molecule has 0 aromatic heterocycles. The zero-order valence-electron chi connectivity index (χ0n) is 16.7. The molecule has 168 valence electrons. The lowest BCUT2D eigenvalue weighted by molar-refractivity contribution is -0.384. The first-order chi connectivity index (χ1) is 15.7. The first-order valence-corrected chi connectivity index (χ1v) is 10.1. The molecule has 0 saturated carbocycles. The number of hydrogen-bond donors (Lipinski definition) is 2. The minimum absolute atomic E-state index is 0.000519. The van der Waals surface area contributed by atoms with Crippen molar-refractivity contribution in [3.05, 3.63) is 98.0 Å². The molecule has 0 atom stereocenters. The average Bonchev–Trinajstić information content (AvgIpc) is 2.77. The predicted molar refractivity (Wildman–Crippen MR) is 123 cm³/mol. The number of rotatable bonds is 7. The number of non-ortho nitro benzene ring substituents is 1. The van der Waals surface area contributed by atoms with E-state index in [4.69, 9.17) is 27.9 Å². The Balaban J connectivity index is 1.67. The molecular formula is C22H15Cl2N3O6. The van der Waals surface area contributed by atoms with Gasteiger partial charge in [0.1, 0.15) is 0 Å². The van der Waals surface area contributed by atoms with Gasteiger partial charge < -0.3 is 15.4 Å². The molecule has 0 bridgehead atoms. The van der Waals surface area contributed by atoms with E-state index in [-0.39, 0.29) is 27.5 Å². The van der Waals surface area contributed by atoms with Crippen LogP contribution in [-0.2, 0) is 9.53 Å². The number of halogens is 2. The Kier molecular flexibility index (Phi) is 7.60. The SMILES string of the molecule is O=C(COC(=O)c1ccccc1NC(=O)c1ccc([N+](=O)[O-])cc1Cl)Nc1cccc(Cl)c1. The molecule has 33 heavy (non-hydrogen) atoms. The number of amides is 2. The highest BCUT2D eigenvalue weighted by molar-refractivity contribution is 6.34. The van der Waals surface area contributed by atoms with E-state index in [1.54, 1.807) is 30.3 Å². The van der Waals surface area contributed by atoms with Gasteiger partial charge in [0.15, 0.2) is 6.61 Å². The number of esters is 1. The molecule has 3 rings (SSSR count). The summed E-state index contributed by atoms with van der Waals surface area (Å²) in [5.74, 6) is -2.11. The van der Waals surface area contributed by atoms with E-state index in [2.05, 4.69) is 10.6 Å². The molecule has 0 fully saturated rings. The molecule has 3 aromatic rings. The second-order valence-corrected chi connectivity index (χ2v) is 7.40. The Morgan fingerprint density at radius 3 is 2.36 bits per heavy atom. The van der Waals surface area contributed by atoms with E-state index >= 15 is 0 Å². The Bertz CT molecular complexity index is 1250. The molecule has 0 saturated heterocycles. The molecule has 0 heterocycles. The van der Waals surface area contributed by atoms with Crippen molar-refractivity contribution >= 4 is 58.0 Å². The standard InChI is InChI=1S/C22H15Cl2N3O6/c23-13-4-3-5-14(10-13)25-20(28)12-33-22(30)17-6-1-2-7-19(17)26-21(29)16-9-8-15(27(31)32)11-18(16)24/h1-11H,12H2,(H,25,28)(H,26,29). The number of ether oxygens (including phenoxy) is 1. The summed E-state index contributed by atoms with van der Waals surface area (Å²) in [5, 5.41) is 16.2. The van der Waals surface area contributed by atoms with Crippen molar-refractivity contribution in [2.75, 3.05) is 17.2 Å². The zero-order chi connectivity index (χ0) is 24.0. The monoisotopic (exact) mass is 487 g/mol. The maximum absolute atomic E-state index is 12.6. The summed E-state index contributed by atoms with van der Waals surface area (Å²) in [5.41, 5.74) is 0.260. The molecule has 2 amide bonds. The fourth-order valence-electron chi connectivity index (χ4n) is 2.73. The van der Waals surface area contributed by atoms with Crippen LogP contribution in [-0.4, -0.2) is 29.3 Å². The first kappa shape index (κ1) is 23.7. The number of para-hydroxylation sites is 1. The number of carbonyl (C=O) groups excluding carboxylic acids is 3. The van der Waals surface area contributed by atoms with Gasteiger partial charge in [-0.15, -0.1) is 0 Å². The highest BCUT2D eigenvalue weighted by Gasteiger charge is 2.19. The number of benzene rings is 3.